The van der Waals surface area contributed by atoms with Crippen molar-refractivity contribution in [1.82, 2.24) is 10.2 Å². The zero-order valence-corrected chi connectivity index (χ0v) is 25.7. The number of carbonyl (C=O) groups is 2. The minimum absolute atomic E-state index is 0.0623. The molecule has 0 aliphatic heterocycles. The predicted molar refractivity (Wildman–Crippen MR) is 162 cm³/mol. The summed E-state index contributed by atoms with van der Waals surface area (Å²) in [6, 6.07) is 19.5. The summed E-state index contributed by atoms with van der Waals surface area (Å²) in [6.45, 7) is 3.21. The maximum atomic E-state index is 14.0. The van der Waals surface area contributed by atoms with Crippen LogP contribution in [-0.4, -0.2) is 43.8 Å². The van der Waals surface area contributed by atoms with Crippen molar-refractivity contribution < 1.29 is 18.0 Å². The van der Waals surface area contributed by atoms with Gasteiger partial charge < -0.3 is 10.2 Å². The average Bonchev–Trinajstić information content (AvgIpc) is 3.44. The lowest BCUT2D eigenvalue weighted by Gasteiger charge is -2.32. The van der Waals surface area contributed by atoms with Crippen molar-refractivity contribution in [2.24, 2.45) is 0 Å². The molecule has 0 radical (unpaired) electrons. The molecule has 0 heterocycles. The summed E-state index contributed by atoms with van der Waals surface area (Å²) in [4.78, 5) is 28.8. The van der Waals surface area contributed by atoms with Gasteiger partial charge in [0.1, 0.15) is 12.6 Å². The topological polar surface area (TPSA) is 86.8 Å². The van der Waals surface area contributed by atoms with Crippen LogP contribution in [0.4, 0.5) is 5.69 Å². The second kappa shape index (κ2) is 13.2. The average molecular weight is 647 g/mol. The van der Waals surface area contributed by atoms with Gasteiger partial charge in [-0.15, -0.1) is 0 Å². The molecule has 1 aliphatic carbocycles. The molecule has 0 unspecified atom stereocenters. The van der Waals surface area contributed by atoms with Gasteiger partial charge in [0.05, 0.1) is 10.6 Å². The summed E-state index contributed by atoms with van der Waals surface area (Å²) in [7, 11) is -4.12. The number of sulfonamides is 1. The first-order valence-corrected chi connectivity index (χ1v) is 15.8. The first-order valence-electron chi connectivity index (χ1n) is 13.2. The van der Waals surface area contributed by atoms with Gasteiger partial charge in [0.2, 0.25) is 11.8 Å². The van der Waals surface area contributed by atoms with Gasteiger partial charge in [-0.2, -0.15) is 0 Å². The fourth-order valence-electron chi connectivity index (χ4n) is 4.73. The van der Waals surface area contributed by atoms with Crippen molar-refractivity contribution in [1.29, 1.82) is 0 Å². The van der Waals surface area contributed by atoms with Crippen LogP contribution in [0.15, 0.2) is 82.2 Å². The van der Waals surface area contributed by atoms with Crippen molar-refractivity contribution in [2.45, 2.75) is 63.1 Å². The molecule has 1 N–H and O–H groups in total. The smallest absolute Gasteiger partial charge is 0.264 e. The molecule has 2 amide bonds. The summed E-state index contributed by atoms with van der Waals surface area (Å²) in [6.07, 6.45) is 3.96. The molecule has 1 aliphatic rings. The van der Waals surface area contributed by atoms with E-state index in [-0.39, 0.29) is 23.4 Å². The van der Waals surface area contributed by atoms with Gasteiger partial charge in [-0.25, -0.2) is 8.42 Å². The maximum absolute atomic E-state index is 14.0. The van der Waals surface area contributed by atoms with E-state index in [2.05, 4.69) is 21.2 Å². The van der Waals surface area contributed by atoms with E-state index in [1.807, 2.05) is 31.2 Å². The van der Waals surface area contributed by atoms with Crippen LogP contribution in [0.25, 0.3) is 0 Å². The minimum Gasteiger partial charge on any atom is -0.352 e. The van der Waals surface area contributed by atoms with Crippen molar-refractivity contribution in [3.8, 4) is 0 Å². The van der Waals surface area contributed by atoms with Crippen LogP contribution in [0.1, 0.15) is 43.7 Å². The molecule has 1 saturated carbocycles. The van der Waals surface area contributed by atoms with E-state index in [1.54, 1.807) is 43.3 Å². The Labute approximate surface area is 249 Å². The van der Waals surface area contributed by atoms with Crippen molar-refractivity contribution in [2.75, 3.05) is 10.8 Å². The lowest BCUT2D eigenvalue weighted by Crippen LogP contribution is -2.52. The highest BCUT2D eigenvalue weighted by Crippen LogP contribution is 2.26. The Morgan fingerprint density at radius 3 is 2.17 bits per heavy atom. The Bertz CT molecular complexity index is 1430. The number of nitrogens with one attached hydrogen (secondary N) is 1. The quantitative estimate of drug-likeness (QED) is 0.289. The molecule has 7 nitrogen and oxygen atoms in total. The van der Waals surface area contributed by atoms with Gasteiger partial charge in [0.25, 0.3) is 10.0 Å². The molecule has 4 rings (SSSR count). The number of nitrogens with zero attached hydrogens (tertiary/aromatic N) is 2. The van der Waals surface area contributed by atoms with Crippen LogP contribution in [0, 0.1) is 6.92 Å². The molecule has 1 atom stereocenters. The van der Waals surface area contributed by atoms with Gasteiger partial charge in [-0.1, -0.05) is 70.2 Å². The van der Waals surface area contributed by atoms with Gasteiger partial charge in [-0.05, 0) is 80.8 Å². The van der Waals surface area contributed by atoms with Gasteiger partial charge in [0, 0.05) is 22.1 Å². The third-order valence-corrected chi connectivity index (χ3v) is 9.71. The van der Waals surface area contributed by atoms with Crippen molar-refractivity contribution in [3.05, 3.63) is 93.4 Å². The maximum Gasteiger partial charge on any atom is 0.264 e. The van der Waals surface area contributed by atoms with Crippen molar-refractivity contribution in [3.63, 3.8) is 0 Å². The first-order chi connectivity index (χ1) is 19.0. The SMILES string of the molecule is Cc1ccc(S(=O)(=O)N(CC(=O)N(Cc2ccc(Br)cc2)[C@H](C)C(=O)NC2CCCC2)c2ccc(Cl)cc2)cc1. The van der Waals surface area contributed by atoms with Crippen LogP contribution >= 0.6 is 27.5 Å². The Morgan fingerprint density at radius 2 is 1.57 bits per heavy atom. The standard InChI is InChI=1S/C30H33BrClN3O4S/c1-21-7-17-28(18-8-21)40(38,39)35(27-15-13-25(32)14-16-27)20-29(36)34(19-23-9-11-24(31)12-10-23)22(2)30(37)33-26-5-3-4-6-26/h7-18,22,26H,3-6,19-20H2,1-2H3,(H,33,37)/t22-/m1/s1. The van der Waals surface area contributed by atoms with Crippen molar-refractivity contribution >= 4 is 55.1 Å². The fraction of sp³-hybridized carbons (Fsp3) is 0.333. The van der Waals surface area contributed by atoms with E-state index in [0.29, 0.717) is 10.7 Å². The highest BCUT2D eigenvalue weighted by Gasteiger charge is 2.33. The number of hydrogen-bond donors (Lipinski definition) is 1. The molecule has 3 aromatic rings. The van der Waals surface area contributed by atoms with E-state index in [9.17, 15) is 18.0 Å². The predicted octanol–water partition coefficient (Wildman–Crippen LogP) is 6.08. The Morgan fingerprint density at radius 1 is 0.975 bits per heavy atom. The largest absolute Gasteiger partial charge is 0.352 e. The minimum atomic E-state index is -4.12. The number of halogens is 2. The van der Waals surface area contributed by atoms with E-state index < -0.39 is 28.5 Å². The number of amides is 2. The zero-order chi connectivity index (χ0) is 28.9. The molecule has 0 spiro atoms. The number of anilines is 1. The van der Waals surface area contributed by atoms with Crippen LogP contribution in [0.5, 0.6) is 0 Å². The van der Waals surface area contributed by atoms with Crippen LogP contribution in [0.2, 0.25) is 5.02 Å². The first kappa shape index (κ1) is 30.1. The number of rotatable bonds is 10. The normalized spacial score (nSPS) is 14.5. The van der Waals surface area contributed by atoms with Crippen LogP contribution in [-0.2, 0) is 26.2 Å². The fourth-order valence-corrected chi connectivity index (χ4v) is 6.54. The van der Waals surface area contributed by atoms with Crippen LogP contribution in [0.3, 0.4) is 0 Å². The highest BCUT2D eigenvalue weighted by atomic mass is 79.9. The Kier molecular flexibility index (Phi) is 9.92. The van der Waals surface area contributed by atoms with Crippen LogP contribution < -0.4 is 9.62 Å². The molecule has 0 bridgehead atoms. The van der Waals surface area contributed by atoms with E-state index in [0.717, 1.165) is 45.6 Å². The number of aryl methyl sites for hydroxylation is 1. The second-order valence-corrected chi connectivity index (χ2v) is 13.3. The Hall–Kier alpha value is -2.88. The molecular weight excluding hydrogens is 614 g/mol. The zero-order valence-electron chi connectivity index (χ0n) is 22.5. The molecule has 1 fully saturated rings. The second-order valence-electron chi connectivity index (χ2n) is 10.1. The third kappa shape index (κ3) is 7.44. The Balaban J connectivity index is 1.67. The number of carbonyl (C=O) groups excluding carboxylic acids is 2. The summed E-state index contributed by atoms with van der Waals surface area (Å²) >= 11 is 9.50. The summed E-state index contributed by atoms with van der Waals surface area (Å²) < 4.78 is 29.7. The molecular formula is C30H33BrClN3O4S. The van der Waals surface area contributed by atoms with E-state index in [1.165, 1.54) is 17.0 Å². The van der Waals surface area contributed by atoms with Gasteiger partial charge in [-0.3, -0.25) is 13.9 Å². The molecule has 3 aromatic carbocycles. The molecule has 0 saturated heterocycles. The molecule has 0 aromatic heterocycles. The summed E-state index contributed by atoms with van der Waals surface area (Å²) in [5.41, 5.74) is 2.03. The van der Waals surface area contributed by atoms with E-state index >= 15 is 0 Å². The summed E-state index contributed by atoms with van der Waals surface area (Å²) in [5, 5.41) is 3.52. The van der Waals surface area contributed by atoms with Gasteiger partial charge in [0.15, 0.2) is 0 Å². The monoisotopic (exact) mass is 645 g/mol. The molecule has 10 heteroatoms. The van der Waals surface area contributed by atoms with Gasteiger partial charge >= 0.3 is 0 Å². The molecule has 40 heavy (non-hydrogen) atoms. The number of hydrogen-bond acceptors (Lipinski definition) is 4. The third-order valence-electron chi connectivity index (χ3n) is 7.14. The van der Waals surface area contributed by atoms with E-state index in [4.69, 9.17) is 11.6 Å². The number of benzene rings is 3. The molecule has 212 valence electrons. The summed E-state index contributed by atoms with van der Waals surface area (Å²) in [5.74, 6) is -0.751. The lowest BCUT2D eigenvalue weighted by molar-refractivity contribution is -0.139. The lowest BCUT2D eigenvalue weighted by atomic mass is 10.1. The highest BCUT2D eigenvalue weighted by molar-refractivity contribution is 9.10.